The Morgan fingerprint density at radius 1 is 1.17 bits per heavy atom. The molecule has 7 nitrogen and oxygen atoms in total. The Hall–Kier alpha value is -2.61. The maximum absolute atomic E-state index is 13.1. The minimum atomic E-state index is -0.271. The van der Waals surface area contributed by atoms with E-state index in [0.717, 1.165) is 18.4 Å². The van der Waals surface area contributed by atoms with Crippen molar-refractivity contribution in [2.75, 3.05) is 13.2 Å². The summed E-state index contributed by atoms with van der Waals surface area (Å²) in [5.41, 5.74) is 1.29. The number of aromatic nitrogens is 5. The van der Waals surface area contributed by atoms with Crippen LogP contribution >= 0.6 is 0 Å². The van der Waals surface area contributed by atoms with Crippen molar-refractivity contribution in [3.05, 3.63) is 47.7 Å². The van der Waals surface area contributed by atoms with Gasteiger partial charge in [-0.25, -0.2) is 9.07 Å². The standard InChI is InChI=1S/C16H14FN5O2/c17-11-3-1-10(2-4-11)16(5-6-16)15-18-14(24-20-15)13-7-22(21-19-13)12-8-23-9-12/h1-4,7,12H,5-6,8-9H2. The number of benzene rings is 1. The Morgan fingerprint density at radius 2 is 1.96 bits per heavy atom. The molecular formula is C16H14FN5O2. The lowest BCUT2D eigenvalue weighted by atomic mass is 9.95. The molecule has 2 aliphatic rings. The first-order valence-corrected chi connectivity index (χ1v) is 7.85. The molecule has 1 aromatic carbocycles. The molecule has 24 heavy (non-hydrogen) atoms. The molecule has 3 aromatic rings. The van der Waals surface area contributed by atoms with E-state index in [1.807, 2.05) is 0 Å². The summed E-state index contributed by atoms with van der Waals surface area (Å²) in [5, 5.41) is 12.3. The Bertz CT molecular complexity index is 880. The van der Waals surface area contributed by atoms with Crippen LogP contribution in [0.15, 0.2) is 35.0 Å². The second kappa shape index (κ2) is 4.94. The predicted octanol–water partition coefficient (Wildman–Crippen LogP) is 2.12. The molecule has 0 unspecified atom stereocenters. The molecule has 1 aliphatic carbocycles. The van der Waals surface area contributed by atoms with Gasteiger partial charge in [-0.1, -0.05) is 22.5 Å². The largest absolute Gasteiger partial charge is 0.377 e. The second-order valence-electron chi connectivity index (χ2n) is 6.29. The van der Waals surface area contributed by atoms with Gasteiger partial charge in [0.1, 0.15) is 11.9 Å². The Morgan fingerprint density at radius 3 is 2.62 bits per heavy atom. The van der Waals surface area contributed by atoms with Crippen molar-refractivity contribution >= 4 is 0 Å². The lowest BCUT2D eigenvalue weighted by molar-refractivity contribution is -0.0293. The monoisotopic (exact) mass is 327 g/mol. The van der Waals surface area contributed by atoms with Gasteiger partial charge in [-0.3, -0.25) is 0 Å². The normalized spacial score (nSPS) is 19.2. The summed E-state index contributed by atoms with van der Waals surface area (Å²) in [7, 11) is 0. The van der Waals surface area contributed by atoms with E-state index in [1.54, 1.807) is 23.0 Å². The van der Waals surface area contributed by atoms with Crippen molar-refractivity contribution in [1.29, 1.82) is 0 Å². The number of nitrogens with zero attached hydrogens (tertiary/aromatic N) is 5. The van der Waals surface area contributed by atoms with E-state index in [4.69, 9.17) is 9.26 Å². The molecule has 0 amide bonds. The molecule has 0 bridgehead atoms. The Kier molecular flexibility index (Phi) is 2.84. The van der Waals surface area contributed by atoms with Gasteiger partial charge in [0.2, 0.25) is 0 Å². The summed E-state index contributed by atoms with van der Waals surface area (Å²) in [6.07, 6.45) is 3.63. The van der Waals surface area contributed by atoms with Crippen molar-refractivity contribution < 1.29 is 13.7 Å². The molecular weight excluding hydrogens is 313 g/mol. The maximum Gasteiger partial charge on any atom is 0.280 e. The summed E-state index contributed by atoms with van der Waals surface area (Å²) in [5.74, 6) is 0.718. The van der Waals surface area contributed by atoms with Crippen LogP contribution in [0.1, 0.15) is 30.3 Å². The van der Waals surface area contributed by atoms with Crippen molar-refractivity contribution in [2.45, 2.75) is 24.3 Å². The van der Waals surface area contributed by atoms with Crippen LogP contribution in [0.4, 0.5) is 4.39 Å². The van der Waals surface area contributed by atoms with Gasteiger partial charge in [0.15, 0.2) is 11.5 Å². The second-order valence-corrected chi connectivity index (χ2v) is 6.29. The van der Waals surface area contributed by atoms with Crippen LogP contribution in [-0.2, 0) is 10.2 Å². The molecule has 122 valence electrons. The van der Waals surface area contributed by atoms with E-state index in [-0.39, 0.29) is 17.3 Å². The molecule has 5 rings (SSSR count). The van der Waals surface area contributed by atoms with Crippen molar-refractivity contribution in [2.24, 2.45) is 0 Å². The van der Waals surface area contributed by atoms with Gasteiger partial charge in [0.25, 0.3) is 5.89 Å². The Labute approximate surface area is 136 Å². The molecule has 0 atom stereocenters. The summed E-state index contributed by atoms with van der Waals surface area (Å²) in [4.78, 5) is 4.51. The molecule has 0 N–H and O–H groups in total. The fourth-order valence-electron chi connectivity index (χ4n) is 2.99. The highest BCUT2D eigenvalue weighted by molar-refractivity contribution is 5.46. The third-order valence-corrected chi connectivity index (χ3v) is 4.72. The summed E-state index contributed by atoms with van der Waals surface area (Å²) < 4.78 is 25.4. The highest BCUT2D eigenvalue weighted by atomic mass is 19.1. The van der Waals surface area contributed by atoms with E-state index in [9.17, 15) is 4.39 Å². The number of ether oxygens (including phenoxy) is 1. The zero-order chi connectivity index (χ0) is 16.1. The van der Waals surface area contributed by atoms with Gasteiger partial charge in [0, 0.05) is 0 Å². The van der Waals surface area contributed by atoms with Gasteiger partial charge < -0.3 is 9.26 Å². The minimum absolute atomic E-state index is 0.225. The van der Waals surface area contributed by atoms with E-state index >= 15 is 0 Å². The first kappa shape index (κ1) is 13.8. The van der Waals surface area contributed by atoms with Gasteiger partial charge in [-0.2, -0.15) is 4.98 Å². The smallest absolute Gasteiger partial charge is 0.280 e. The number of hydrogen-bond acceptors (Lipinski definition) is 6. The molecule has 2 aromatic heterocycles. The third kappa shape index (κ3) is 2.06. The molecule has 2 fully saturated rings. The SMILES string of the molecule is Fc1ccc(C2(c3noc(-c4cn(C5COC5)nn4)n3)CC2)cc1. The van der Waals surface area contributed by atoms with E-state index in [2.05, 4.69) is 20.5 Å². The van der Waals surface area contributed by atoms with Crippen LogP contribution < -0.4 is 0 Å². The van der Waals surface area contributed by atoms with Gasteiger partial charge >= 0.3 is 0 Å². The quantitative estimate of drug-likeness (QED) is 0.730. The lowest BCUT2D eigenvalue weighted by Gasteiger charge is -2.25. The topological polar surface area (TPSA) is 78.9 Å². The number of rotatable bonds is 4. The molecule has 1 saturated heterocycles. The van der Waals surface area contributed by atoms with Gasteiger partial charge in [-0.15, -0.1) is 5.10 Å². The average molecular weight is 327 g/mol. The molecule has 8 heteroatoms. The lowest BCUT2D eigenvalue weighted by Crippen LogP contribution is -2.30. The predicted molar refractivity (Wildman–Crippen MR) is 79.6 cm³/mol. The highest BCUT2D eigenvalue weighted by Gasteiger charge is 2.50. The van der Waals surface area contributed by atoms with Crippen LogP contribution in [-0.4, -0.2) is 38.3 Å². The minimum Gasteiger partial charge on any atom is -0.377 e. The summed E-state index contributed by atoms with van der Waals surface area (Å²) >= 11 is 0. The van der Waals surface area contributed by atoms with Crippen LogP contribution in [0.2, 0.25) is 0 Å². The zero-order valence-electron chi connectivity index (χ0n) is 12.7. The van der Waals surface area contributed by atoms with Crippen LogP contribution in [0.5, 0.6) is 0 Å². The molecule has 1 aliphatic heterocycles. The van der Waals surface area contributed by atoms with Crippen LogP contribution in [0.25, 0.3) is 11.6 Å². The third-order valence-electron chi connectivity index (χ3n) is 4.72. The fourth-order valence-corrected chi connectivity index (χ4v) is 2.99. The van der Waals surface area contributed by atoms with Gasteiger partial charge in [0.05, 0.1) is 24.8 Å². The summed E-state index contributed by atoms with van der Waals surface area (Å²) in [6, 6.07) is 6.71. The highest BCUT2D eigenvalue weighted by Crippen LogP contribution is 2.52. The number of halogens is 1. The van der Waals surface area contributed by atoms with E-state index in [0.29, 0.717) is 30.6 Å². The van der Waals surface area contributed by atoms with Crippen molar-refractivity contribution in [1.82, 2.24) is 25.1 Å². The fraction of sp³-hybridized carbons (Fsp3) is 0.375. The first-order valence-electron chi connectivity index (χ1n) is 7.85. The first-order chi connectivity index (χ1) is 11.7. The van der Waals surface area contributed by atoms with Crippen molar-refractivity contribution in [3.63, 3.8) is 0 Å². The van der Waals surface area contributed by atoms with E-state index < -0.39 is 0 Å². The average Bonchev–Trinajstić information content (AvgIpc) is 2.97. The van der Waals surface area contributed by atoms with Gasteiger partial charge in [-0.05, 0) is 30.5 Å². The molecule has 0 spiro atoms. The maximum atomic E-state index is 13.1. The molecule has 0 radical (unpaired) electrons. The number of hydrogen-bond donors (Lipinski definition) is 0. The summed E-state index contributed by atoms with van der Waals surface area (Å²) in [6.45, 7) is 1.29. The van der Waals surface area contributed by atoms with Crippen LogP contribution in [0.3, 0.4) is 0 Å². The Balaban J connectivity index is 1.44. The van der Waals surface area contributed by atoms with E-state index in [1.165, 1.54) is 12.1 Å². The molecule has 1 saturated carbocycles. The molecule has 3 heterocycles. The van der Waals surface area contributed by atoms with Crippen molar-refractivity contribution in [3.8, 4) is 11.6 Å². The van der Waals surface area contributed by atoms with Crippen LogP contribution in [0, 0.1) is 5.82 Å². The zero-order valence-corrected chi connectivity index (χ0v) is 12.7.